The van der Waals surface area contributed by atoms with Gasteiger partial charge in [0.05, 0.1) is 24.1 Å². The Hall–Kier alpha value is -3.67. The number of halogens is 4. The summed E-state index contributed by atoms with van der Waals surface area (Å²) in [7, 11) is 1.53. The molecule has 3 aliphatic heterocycles. The minimum absolute atomic E-state index is 0.136. The van der Waals surface area contributed by atoms with E-state index in [0.29, 0.717) is 55.8 Å². The molecule has 8 nitrogen and oxygen atoms in total. The van der Waals surface area contributed by atoms with Crippen molar-refractivity contribution in [2.24, 2.45) is 5.92 Å². The number of hydrogen-bond acceptors (Lipinski definition) is 6. The summed E-state index contributed by atoms with van der Waals surface area (Å²) >= 11 is 0. The monoisotopic (exact) mass is 661 g/mol. The second kappa shape index (κ2) is 13.1. The van der Waals surface area contributed by atoms with Crippen LogP contribution in [0.1, 0.15) is 75.0 Å². The minimum Gasteiger partial charge on any atom is -0.497 e. The van der Waals surface area contributed by atoms with Gasteiger partial charge in [0.2, 0.25) is 5.67 Å². The number of carbonyl (C=O) groups excluding carboxylic acids is 2. The van der Waals surface area contributed by atoms with Gasteiger partial charge in [0.25, 0.3) is 5.91 Å². The quantitative estimate of drug-likeness (QED) is 0.353. The molecule has 3 aliphatic rings. The SMILES string of the molecule is COc1ccc([C@@H]2CN(C(C)(C)C(C)=O)C[C@@]2(F)C(=O)N2CCC(c3ccc(C(F)(F)F)cc3N3CCC(C(=O)O)CC3)CC2)cc1. The van der Waals surface area contributed by atoms with E-state index in [1.807, 2.05) is 4.90 Å². The van der Waals surface area contributed by atoms with E-state index in [1.54, 1.807) is 43.0 Å². The molecule has 2 aromatic carbocycles. The first-order valence-electron chi connectivity index (χ1n) is 16.1. The van der Waals surface area contributed by atoms with Crippen molar-refractivity contribution < 1.29 is 41.8 Å². The number of carboxylic acids is 1. The Bertz CT molecular complexity index is 1480. The van der Waals surface area contributed by atoms with Crippen molar-refractivity contribution in [1.29, 1.82) is 0 Å². The number of piperidine rings is 2. The molecule has 1 amide bonds. The van der Waals surface area contributed by atoms with Gasteiger partial charge in [-0.05, 0) is 87.8 Å². The summed E-state index contributed by atoms with van der Waals surface area (Å²) in [6.07, 6.45) is -3.00. The maximum absolute atomic E-state index is 17.3. The van der Waals surface area contributed by atoms with Gasteiger partial charge in [-0.25, -0.2) is 4.39 Å². The molecule has 3 fully saturated rings. The largest absolute Gasteiger partial charge is 0.497 e. The van der Waals surface area contributed by atoms with E-state index >= 15 is 4.39 Å². The molecule has 5 rings (SSSR count). The Labute approximate surface area is 272 Å². The van der Waals surface area contributed by atoms with Gasteiger partial charge in [-0.2, -0.15) is 13.2 Å². The molecular weight excluding hydrogens is 618 g/mol. The van der Waals surface area contributed by atoms with Gasteiger partial charge in [0.15, 0.2) is 0 Å². The van der Waals surface area contributed by atoms with Crippen LogP contribution in [0.5, 0.6) is 5.75 Å². The molecule has 3 saturated heterocycles. The van der Waals surface area contributed by atoms with E-state index in [1.165, 1.54) is 25.0 Å². The van der Waals surface area contributed by atoms with Crippen LogP contribution in [0.15, 0.2) is 42.5 Å². The maximum atomic E-state index is 17.3. The van der Waals surface area contributed by atoms with Crippen molar-refractivity contribution >= 4 is 23.3 Å². The van der Waals surface area contributed by atoms with Crippen LogP contribution in [0.3, 0.4) is 0 Å². The number of Topliss-reactive ketones (excluding diaryl/α,β-unsaturated/α-hetero) is 1. The number of likely N-dealkylation sites (tertiary alicyclic amines) is 2. The molecule has 2 atom stereocenters. The summed E-state index contributed by atoms with van der Waals surface area (Å²) in [5, 5.41) is 9.40. The van der Waals surface area contributed by atoms with Crippen molar-refractivity contribution in [3.63, 3.8) is 0 Å². The highest BCUT2D eigenvalue weighted by Gasteiger charge is 2.58. The fourth-order valence-corrected chi connectivity index (χ4v) is 7.25. The first-order valence-corrected chi connectivity index (χ1v) is 16.1. The number of anilines is 1. The van der Waals surface area contributed by atoms with Crippen LogP contribution in [0, 0.1) is 5.92 Å². The van der Waals surface area contributed by atoms with Crippen molar-refractivity contribution in [3.05, 3.63) is 59.2 Å². The molecule has 2 aromatic rings. The lowest BCUT2D eigenvalue weighted by atomic mass is 9.83. The van der Waals surface area contributed by atoms with Gasteiger partial charge in [-0.3, -0.25) is 19.3 Å². The van der Waals surface area contributed by atoms with Crippen molar-refractivity contribution in [2.75, 3.05) is 51.3 Å². The first-order chi connectivity index (χ1) is 22.1. The Balaban J connectivity index is 1.37. The number of amides is 1. The van der Waals surface area contributed by atoms with Crippen molar-refractivity contribution in [1.82, 2.24) is 9.80 Å². The van der Waals surface area contributed by atoms with Crippen LogP contribution >= 0.6 is 0 Å². The number of ketones is 1. The van der Waals surface area contributed by atoms with E-state index in [4.69, 9.17) is 4.74 Å². The highest BCUT2D eigenvalue weighted by molar-refractivity contribution is 5.89. The Kier molecular flexibility index (Phi) is 9.65. The second-order valence-electron chi connectivity index (χ2n) is 13.6. The lowest BCUT2D eigenvalue weighted by molar-refractivity contribution is -0.146. The summed E-state index contributed by atoms with van der Waals surface area (Å²) in [5.41, 5.74) is -2.27. The molecule has 47 heavy (non-hydrogen) atoms. The lowest BCUT2D eigenvalue weighted by Gasteiger charge is -2.39. The predicted octanol–water partition coefficient (Wildman–Crippen LogP) is 5.90. The number of methoxy groups -OCH3 is 1. The van der Waals surface area contributed by atoms with Gasteiger partial charge in [-0.15, -0.1) is 0 Å². The number of aliphatic carboxylic acids is 1. The second-order valence-corrected chi connectivity index (χ2v) is 13.6. The van der Waals surface area contributed by atoms with E-state index < -0.39 is 46.7 Å². The smallest absolute Gasteiger partial charge is 0.416 e. The number of carbonyl (C=O) groups is 3. The number of rotatable bonds is 8. The first kappa shape index (κ1) is 34.7. The number of hydrogen-bond donors (Lipinski definition) is 1. The van der Waals surface area contributed by atoms with E-state index in [-0.39, 0.29) is 37.9 Å². The molecule has 0 bridgehead atoms. The normalized spacial score (nSPS) is 23.6. The summed E-state index contributed by atoms with van der Waals surface area (Å²) in [4.78, 5) is 43.2. The predicted molar refractivity (Wildman–Crippen MR) is 168 cm³/mol. The molecule has 0 spiro atoms. The third-order valence-electron chi connectivity index (χ3n) is 10.7. The van der Waals surface area contributed by atoms with Crippen LogP contribution < -0.4 is 9.64 Å². The van der Waals surface area contributed by atoms with Crippen molar-refractivity contribution in [3.8, 4) is 5.75 Å². The fourth-order valence-electron chi connectivity index (χ4n) is 7.25. The molecule has 1 N–H and O–H groups in total. The third-order valence-corrected chi connectivity index (χ3v) is 10.7. The molecule has 3 heterocycles. The van der Waals surface area contributed by atoms with Crippen LogP contribution in [0.25, 0.3) is 0 Å². The Morgan fingerprint density at radius 3 is 2.09 bits per heavy atom. The van der Waals surface area contributed by atoms with Gasteiger partial charge >= 0.3 is 12.1 Å². The minimum atomic E-state index is -4.54. The lowest BCUT2D eigenvalue weighted by Crippen LogP contribution is -2.54. The number of alkyl halides is 4. The standard InChI is InChI=1S/C35H43F4N3O5/c1-22(43)33(2,3)42-20-29(24-5-8-27(47-4)9-6-24)34(36,21-42)32(46)41-17-11-23(12-18-41)28-10-7-26(35(37,38)39)19-30(28)40-15-13-25(14-16-40)31(44)45/h5-10,19,23,25,29H,11-18,20-21H2,1-4H3,(H,44,45)/t29-,34-/m0/s1. The zero-order valence-electron chi connectivity index (χ0n) is 27.3. The summed E-state index contributed by atoms with van der Waals surface area (Å²) in [6.45, 7) is 5.94. The topological polar surface area (TPSA) is 90.4 Å². The number of benzene rings is 2. The zero-order chi connectivity index (χ0) is 34.3. The molecule has 0 saturated carbocycles. The van der Waals surface area contributed by atoms with E-state index in [2.05, 4.69) is 0 Å². The van der Waals surface area contributed by atoms with Crippen LogP contribution in [-0.2, 0) is 20.6 Å². The summed E-state index contributed by atoms with van der Waals surface area (Å²) in [6, 6.07) is 10.6. The van der Waals surface area contributed by atoms with Crippen LogP contribution in [0.2, 0.25) is 0 Å². The van der Waals surface area contributed by atoms with Gasteiger partial charge < -0.3 is 19.6 Å². The van der Waals surface area contributed by atoms with Crippen molar-refractivity contribution in [2.45, 2.75) is 75.7 Å². The number of nitrogens with zero attached hydrogens (tertiary/aromatic N) is 3. The zero-order valence-corrected chi connectivity index (χ0v) is 27.3. The van der Waals surface area contributed by atoms with Crippen LogP contribution in [0.4, 0.5) is 23.2 Å². The maximum Gasteiger partial charge on any atom is 0.416 e. The molecular formula is C35H43F4N3O5. The van der Waals surface area contributed by atoms with E-state index in [9.17, 15) is 32.7 Å². The third kappa shape index (κ3) is 6.84. The highest BCUT2D eigenvalue weighted by atomic mass is 19.4. The molecule has 0 unspecified atom stereocenters. The molecule has 12 heteroatoms. The summed E-state index contributed by atoms with van der Waals surface area (Å²) < 4.78 is 63.8. The molecule has 256 valence electrons. The highest BCUT2D eigenvalue weighted by Crippen LogP contribution is 2.45. The number of ether oxygens (including phenoxy) is 1. The van der Waals surface area contributed by atoms with E-state index in [0.717, 1.165) is 17.7 Å². The Morgan fingerprint density at radius 2 is 1.55 bits per heavy atom. The van der Waals surface area contributed by atoms with Gasteiger partial charge in [0.1, 0.15) is 11.5 Å². The summed E-state index contributed by atoms with van der Waals surface area (Å²) in [5.74, 6) is -2.62. The Morgan fingerprint density at radius 1 is 0.936 bits per heavy atom. The molecule has 0 aliphatic carbocycles. The average Bonchev–Trinajstić information content (AvgIpc) is 3.43. The molecule has 0 aromatic heterocycles. The number of carboxylic acid groups (broad SMARTS) is 1. The van der Waals surface area contributed by atoms with Gasteiger partial charge in [-0.1, -0.05) is 18.2 Å². The average molecular weight is 662 g/mol. The molecule has 0 radical (unpaired) electrons. The van der Waals surface area contributed by atoms with Gasteiger partial charge in [0, 0.05) is 50.9 Å². The van der Waals surface area contributed by atoms with Crippen LogP contribution in [-0.4, -0.2) is 90.2 Å². The fraction of sp³-hybridized carbons (Fsp3) is 0.571.